The van der Waals surface area contributed by atoms with E-state index in [9.17, 15) is 19.2 Å². The fraction of sp³-hybridized carbons (Fsp3) is 0.733. The number of amides is 2. The number of nitrogens with zero attached hydrogens (tertiary/aromatic N) is 1. The van der Waals surface area contributed by atoms with E-state index in [0.29, 0.717) is 25.8 Å². The van der Waals surface area contributed by atoms with Gasteiger partial charge in [-0.3, -0.25) is 14.4 Å². The monoisotopic (exact) mass is 346 g/mol. The maximum atomic E-state index is 11.8. The zero-order valence-corrected chi connectivity index (χ0v) is 14.3. The summed E-state index contributed by atoms with van der Waals surface area (Å²) in [7, 11) is 0. The van der Waals surface area contributed by atoms with E-state index in [0.717, 1.165) is 4.90 Å². The second-order valence-electron chi connectivity index (χ2n) is 6.28. The maximum absolute atomic E-state index is 11.8. The molecule has 24 heavy (non-hydrogen) atoms. The molecular formula is C15H26N2O7. The molecule has 9 nitrogen and oxygen atoms in total. The van der Waals surface area contributed by atoms with E-state index in [1.165, 1.54) is 0 Å². The molecule has 0 saturated carbocycles. The molecule has 0 spiro atoms. The van der Waals surface area contributed by atoms with Crippen LogP contribution in [0.4, 0.5) is 4.79 Å². The predicted octanol–water partition coefficient (Wildman–Crippen LogP) is 1.07. The first-order chi connectivity index (χ1) is 11.0. The van der Waals surface area contributed by atoms with Crippen molar-refractivity contribution in [2.45, 2.75) is 52.1 Å². The van der Waals surface area contributed by atoms with E-state index in [2.05, 4.69) is 5.32 Å². The minimum atomic E-state index is -1.26. The molecule has 3 N–H and O–H groups in total. The van der Waals surface area contributed by atoms with Crippen LogP contribution in [0.1, 0.15) is 46.5 Å². The van der Waals surface area contributed by atoms with Crippen molar-refractivity contribution in [3.8, 4) is 0 Å². The largest absolute Gasteiger partial charge is 0.480 e. The van der Waals surface area contributed by atoms with Gasteiger partial charge in [0.2, 0.25) is 5.91 Å². The number of carbonyl (C=O) groups excluding carboxylic acids is 2. The molecule has 0 rings (SSSR count). The Labute approximate surface area is 141 Å². The van der Waals surface area contributed by atoms with E-state index >= 15 is 0 Å². The highest BCUT2D eigenvalue weighted by molar-refractivity contribution is 5.85. The van der Waals surface area contributed by atoms with Gasteiger partial charge in [-0.25, -0.2) is 4.79 Å². The van der Waals surface area contributed by atoms with Gasteiger partial charge in [0.05, 0.1) is 0 Å². The maximum Gasteiger partial charge on any atom is 0.407 e. The lowest BCUT2D eigenvalue weighted by Gasteiger charge is -2.19. The second-order valence-corrected chi connectivity index (χ2v) is 6.28. The summed E-state index contributed by atoms with van der Waals surface area (Å²) in [4.78, 5) is 45.3. The van der Waals surface area contributed by atoms with Crippen molar-refractivity contribution >= 4 is 23.9 Å². The Morgan fingerprint density at radius 3 is 1.96 bits per heavy atom. The third kappa shape index (κ3) is 12.2. The average Bonchev–Trinajstić information content (AvgIpc) is 2.38. The number of carboxylic acid groups (broad SMARTS) is 2. The average molecular weight is 346 g/mol. The minimum absolute atomic E-state index is 0.0625. The lowest BCUT2D eigenvalue weighted by atomic mass is 10.1. The zero-order valence-electron chi connectivity index (χ0n) is 14.3. The van der Waals surface area contributed by atoms with E-state index in [1.807, 2.05) is 0 Å². The molecule has 0 aliphatic heterocycles. The number of hydrogen-bond acceptors (Lipinski definition) is 5. The normalized spacial score (nSPS) is 10.8. The topological polar surface area (TPSA) is 133 Å². The molecule has 0 heterocycles. The van der Waals surface area contributed by atoms with Crippen LogP contribution in [-0.2, 0) is 19.1 Å². The predicted molar refractivity (Wildman–Crippen MR) is 84.6 cm³/mol. The number of hydrogen-bond donors (Lipinski definition) is 3. The number of aliphatic carboxylic acids is 2. The molecule has 0 aromatic carbocycles. The highest BCUT2D eigenvalue weighted by atomic mass is 16.6. The SMILES string of the molecule is CC(C)(C)OC(=O)NCCCCCC(=O)N(CC(=O)O)CC(=O)O. The Morgan fingerprint density at radius 2 is 1.50 bits per heavy atom. The van der Waals surface area contributed by atoms with Crippen molar-refractivity contribution in [3.05, 3.63) is 0 Å². The second kappa shape index (κ2) is 10.5. The van der Waals surface area contributed by atoms with Gasteiger partial charge in [0, 0.05) is 13.0 Å². The Hall–Kier alpha value is -2.32. The standard InChI is InChI=1S/C15H26N2O7/c1-15(2,3)24-14(23)16-8-6-4-5-7-11(18)17(9-12(19)20)10-13(21)22/h4-10H2,1-3H3,(H,16,23)(H,19,20)(H,21,22). The number of alkyl carbamates (subject to hydrolysis) is 1. The van der Waals surface area contributed by atoms with Gasteiger partial charge in [0.15, 0.2) is 0 Å². The molecule has 138 valence electrons. The molecule has 0 aromatic heterocycles. The fourth-order valence-corrected chi connectivity index (χ4v) is 1.80. The number of ether oxygens (including phenoxy) is 1. The van der Waals surface area contributed by atoms with Gasteiger partial charge in [-0.05, 0) is 33.6 Å². The quantitative estimate of drug-likeness (QED) is 0.504. The summed E-state index contributed by atoms with van der Waals surface area (Å²) >= 11 is 0. The molecule has 0 fully saturated rings. The molecule has 0 unspecified atom stereocenters. The van der Waals surface area contributed by atoms with E-state index in [-0.39, 0.29) is 6.42 Å². The molecule has 0 radical (unpaired) electrons. The number of carbonyl (C=O) groups is 4. The first-order valence-corrected chi connectivity index (χ1v) is 7.69. The van der Waals surface area contributed by atoms with Crippen molar-refractivity contribution in [2.75, 3.05) is 19.6 Å². The van der Waals surface area contributed by atoms with Crippen molar-refractivity contribution in [1.29, 1.82) is 0 Å². The van der Waals surface area contributed by atoms with Crippen LogP contribution in [0.25, 0.3) is 0 Å². The number of carboxylic acids is 2. The van der Waals surface area contributed by atoms with Crippen LogP contribution < -0.4 is 5.32 Å². The third-order valence-electron chi connectivity index (χ3n) is 2.74. The highest BCUT2D eigenvalue weighted by Gasteiger charge is 2.19. The number of unbranched alkanes of at least 4 members (excludes halogenated alkanes) is 2. The van der Waals surface area contributed by atoms with Crippen molar-refractivity contribution in [2.24, 2.45) is 0 Å². The Balaban J connectivity index is 3.96. The molecule has 0 aromatic rings. The van der Waals surface area contributed by atoms with Gasteiger partial charge < -0.3 is 25.2 Å². The number of nitrogens with one attached hydrogen (secondary N) is 1. The van der Waals surface area contributed by atoms with Gasteiger partial charge >= 0.3 is 18.0 Å². The highest BCUT2D eigenvalue weighted by Crippen LogP contribution is 2.07. The summed E-state index contributed by atoms with van der Waals surface area (Å²) in [5.74, 6) is -3.03. The van der Waals surface area contributed by atoms with Crippen LogP contribution in [-0.4, -0.2) is 64.3 Å². The molecule has 0 aliphatic rings. The van der Waals surface area contributed by atoms with E-state index in [1.54, 1.807) is 20.8 Å². The Kier molecular flexibility index (Phi) is 9.44. The molecule has 2 amide bonds. The summed E-state index contributed by atoms with van der Waals surface area (Å²) in [5, 5.41) is 20.0. The molecular weight excluding hydrogens is 320 g/mol. The van der Waals surface area contributed by atoms with Crippen molar-refractivity contribution < 1.29 is 34.1 Å². The van der Waals surface area contributed by atoms with Gasteiger partial charge in [-0.15, -0.1) is 0 Å². The lowest BCUT2D eigenvalue weighted by Crippen LogP contribution is -2.39. The van der Waals surface area contributed by atoms with Gasteiger partial charge in [-0.2, -0.15) is 0 Å². The number of rotatable bonds is 10. The first-order valence-electron chi connectivity index (χ1n) is 7.69. The summed E-state index contributed by atoms with van der Waals surface area (Å²) < 4.78 is 5.07. The fourth-order valence-electron chi connectivity index (χ4n) is 1.80. The van der Waals surface area contributed by atoms with Crippen LogP contribution in [0, 0.1) is 0 Å². The molecule has 0 atom stereocenters. The molecule has 0 saturated heterocycles. The van der Waals surface area contributed by atoms with E-state index < -0.39 is 42.6 Å². The van der Waals surface area contributed by atoms with Gasteiger partial charge in [-0.1, -0.05) is 6.42 Å². The van der Waals surface area contributed by atoms with Crippen LogP contribution >= 0.6 is 0 Å². The third-order valence-corrected chi connectivity index (χ3v) is 2.74. The first kappa shape index (κ1) is 21.7. The molecule has 0 aliphatic carbocycles. The van der Waals surface area contributed by atoms with Crippen LogP contribution in [0.3, 0.4) is 0 Å². The zero-order chi connectivity index (χ0) is 18.8. The van der Waals surface area contributed by atoms with Crippen LogP contribution in [0.5, 0.6) is 0 Å². The lowest BCUT2D eigenvalue weighted by molar-refractivity contribution is -0.149. The van der Waals surface area contributed by atoms with Crippen LogP contribution in [0.2, 0.25) is 0 Å². The summed E-state index contributed by atoms with van der Waals surface area (Å²) in [6.45, 7) is 4.42. The van der Waals surface area contributed by atoms with Gasteiger partial charge in [0.25, 0.3) is 0 Å². The minimum Gasteiger partial charge on any atom is -0.480 e. The van der Waals surface area contributed by atoms with E-state index in [4.69, 9.17) is 14.9 Å². The summed E-state index contributed by atoms with van der Waals surface area (Å²) in [6.07, 6.45) is 1.30. The van der Waals surface area contributed by atoms with Crippen molar-refractivity contribution in [1.82, 2.24) is 10.2 Å². The molecule has 9 heteroatoms. The van der Waals surface area contributed by atoms with Gasteiger partial charge in [0.1, 0.15) is 18.7 Å². The molecule has 0 bridgehead atoms. The van der Waals surface area contributed by atoms with Crippen LogP contribution in [0.15, 0.2) is 0 Å². The Morgan fingerprint density at radius 1 is 0.958 bits per heavy atom. The Bertz CT molecular complexity index is 441. The smallest absolute Gasteiger partial charge is 0.407 e. The summed E-state index contributed by atoms with van der Waals surface area (Å²) in [5.41, 5.74) is -0.561. The van der Waals surface area contributed by atoms with Crippen molar-refractivity contribution in [3.63, 3.8) is 0 Å². The summed E-state index contributed by atoms with van der Waals surface area (Å²) in [6, 6.07) is 0.